The van der Waals surface area contributed by atoms with E-state index in [0.717, 1.165) is 6.07 Å². The number of halogens is 1. The van der Waals surface area contributed by atoms with Crippen LogP contribution in [-0.2, 0) is 16.6 Å². The highest BCUT2D eigenvalue weighted by molar-refractivity contribution is 7.89. The molecule has 0 saturated carbocycles. The molecule has 0 fully saturated rings. The van der Waals surface area contributed by atoms with Gasteiger partial charge in [-0.2, -0.15) is 0 Å². The molecule has 0 amide bonds. The SMILES string of the molecule is COc1ccccc1CNS(=O)(=O)c1cc(C(=O)[O-])ccc1Cl. The highest BCUT2D eigenvalue weighted by Crippen LogP contribution is 2.23. The lowest BCUT2D eigenvalue weighted by atomic mass is 10.2. The van der Waals surface area contributed by atoms with Gasteiger partial charge in [0.15, 0.2) is 0 Å². The molecule has 23 heavy (non-hydrogen) atoms. The number of methoxy groups -OCH3 is 1. The molecule has 0 spiro atoms. The number of benzene rings is 2. The number of nitrogens with one attached hydrogen (secondary N) is 1. The number of ether oxygens (including phenoxy) is 1. The molecule has 0 heterocycles. The van der Waals surface area contributed by atoms with Gasteiger partial charge in [-0.25, -0.2) is 13.1 Å². The molecule has 1 N–H and O–H groups in total. The molecule has 6 nitrogen and oxygen atoms in total. The predicted molar refractivity (Wildman–Crippen MR) is 82.8 cm³/mol. The second-order valence-corrected chi connectivity index (χ2v) is 6.71. The van der Waals surface area contributed by atoms with Crippen LogP contribution >= 0.6 is 11.6 Å². The average Bonchev–Trinajstić information content (AvgIpc) is 2.53. The van der Waals surface area contributed by atoms with Gasteiger partial charge in [0.05, 0.1) is 18.1 Å². The number of hydrogen-bond donors (Lipinski definition) is 1. The maximum atomic E-state index is 12.4. The lowest BCUT2D eigenvalue weighted by molar-refractivity contribution is -0.255. The Morgan fingerprint density at radius 2 is 1.96 bits per heavy atom. The second kappa shape index (κ2) is 6.99. The van der Waals surface area contributed by atoms with Crippen LogP contribution in [0.1, 0.15) is 15.9 Å². The lowest BCUT2D eigenvalue weighted by Gasteiger charge is -2.12. The van der Waals surface area contributed by atoms with Gasteiger partial charge in [0.25, 0.3) is 0 Å². The summed E-state index contributed by atoms with van der Waals surface area (Å²) in [5, 5.41) is 10.8. The lowest BCUT2D eigenvalue weighted by Crippen LogP contribution is -2.26. The van der Waals surface area contributed by atoms with E-state index in [9.17, 15) is 18.3 Å². The Hall–Kier alpha value is -2.09. The van der Waals surface area contributed by atoms with Crippen molar-refractivity contribution in [3.8, 4) is 5.75 Å². The normalized spacial score (nSPS) is 11.2. The molecule has 0 aliphatic heterocycles. The zero-order chi connectivity index (χ0) is 17.0. The Labute approximate surface area is 138 Å². The summed E-state index contributed by atoms with van der Waals surface area (Å²) in [6, 6.07) is 10.3. The van der Waals surface area contributed by atoms with Crippen molar-refractivity contribution in [3.05, 3.63) is 58.6 Å². The summed E-state index contributed by atoms with van der Waals surface area (Å²) in [7, 11) is -2.52. The standard InChI is InChI=1S/C15H14ClNO5S/c1-22-13-5-3-2-4-11(13)9-17-23(20,21)14-8-10(15(18)19)6-7-12(14)16/h2-8,17H,9H2,1H3,(H,18,19)/p-1. The fourth-order valence-corrected chi connectivity index (χ4v) is 3.47. The minimum Gasteiger partial charge on any atom is -0.545 e. The first-order chi connectivity index (χ1) is 10.8. The van der Waals surface area contributed by atoms with E-state index < -0.39 is 16.0 Å². The number of hydrogen-bond acceptors (Lipinski definition) is 5. The Bertz CT molecular complexity index is 836. The van der Waals surface area contributed by atoms with Crippen LogP contribution in [0.2, 0.25) is 5.02 Å². The number of carbonyl (C=O) groups is 1. The third-order valence-corrected chi connectivity index (χ3v) is 4.98. The molecular formula is C15H13ClNO5S-. The molecule has 0 unspecified atom stereocenters. The van der Waals surface area contributed by atoms with Gasteiger partial charge in [-0.15, -0.1) is 0 Å². The molecule has 122 valence electrons. The zero-order valence-corrected chi connectivity index (χ0v) is 13.6. The van der Waals surface area contributed by atoms with Gasteiger partial charge in [-0.3, -0.25) is 0 Å². The molecule has 0 saturated heterocycles. The summed E-state index contributed by atoms with van der Waals surface area (Å²) >= 11 is 5.87. The quantitative estimate of drug-likeness (QED) is 0.840. The minimum atomic E-state index is -4.00. The first-order valence-corrected chi connectivity index (χ1v) is 8.33. The average molecular weight is 355 g/mol. The van der Waals surface area contributed by atoms with Crippen LogP contribution in [0.3, 0.4) is 0 Å². The molecule has 8 heteroatoms. The third kappa shape index (κ3) is 4.01. The van der Waals surface area contributed by atoms with Gasteiger partial charge in [0.1, 0.15) is 10.6 Å². The molecule has 2 aromatic carbocycles. The van der Waals surface area contributed by atoms with Crippen molar-refractivity contribution in [3.63, 3.8) is 0 Å². The van der Waals surface area contributed by atoms with E-state index in [1.165, 1.54) is 19.2 Å². The monoisotopic (exact) mass is 354 g/mol. The van der Waals surface area contributed by atoms with Crippen molar-refractivity contribution in [2.75, 3.05) is 7.11 Å². The number of carboxylic acid groups (broad SMARTS) is 1. The van der Waals surface area contributed by atoms with Crippen LogP contribution in [0.15, 0.2) is 47.4 Å². The van der Waals surface area contributed by atoms with E-state index in [4.69, 9.17) is 16.3 Å². The molecule has 0 aliphatic carbocycles. The number of para-hydroxylation sites is 1. The summed E-state index contributed by atoms with van der Waals surface area (Å²) in [5.74, 6) is -0.951. The number of aromatic carboxylic acids is 1. The molecule has 2 aromatic rings. The Kier molecular flexibility index (Phi) is 5.25. The maximum absolute atomic E-state index is 12.4. The van der Waals surface area contributed by atoms with Crippen molar-refractivity contribution in [1.29, 1.82) is 0 Å². The summed E-state index contributed by atoms with van der Waals surface area (Å²) in [6.07, 6.45) is 0. The van der Waals surface area contributed by atoms with E-state index in [-0.39, 0.29) is 22.0 Å². The van der Waals surface area contributed by atoms with Crippen molar-refractivity contribution in [1.82, 2.24) is 4.72 Å². The number of sulfonamides is 1. The third-order valence-electron chi connectivity index (χ3n) is 3.10. The van der Waals surface area contributed by atoms with Crippen LogP contribution in [0, 0.1) is 0 Å². The largest absolute Gasteiger partial charge is 0.545 e. The molecule has 0 aliphatic rings. The van der Waals surface area contributed by atoms with Gasteiger partial charge in [-0.1, -0.05) is 35.9 Å². The van der Waals surface area contributed by atoms with Crippen LogP contribution in [0.4, 0.5) is 0 Å². The fraction of sp³-hybridized carbons (Fsp3) is 0.133. The molecule has 0 radical (unpaired) electrons. The van der Waals surface area contributed by atoms with Crippen LogP contribution in [-0.4, -0.2) is 21.5 Å². The number of rotatable bonds is 6. The predicted octanol–water partition coefficient (Wildman–Crippen LogP) is 1.19. The fourth-order valence-electron chi connectivity index (χ4n) is 1.94. The van der Waals surface area contributed by atoms with E-state index in [0.29, 0.717) is 11.3 Å². The Morgan fingerprint density at radius 3 is 2.61 bits per heavy atom. The zero-order valence-electron chi connectivity index (χ0n) is 12.1. The Balaban J connectivity index is 2.29. The van der Waals surface area contributed by atoms with Crippen LogP contribution in [0.25, 0.3) is 0 Å². The first kappa shape index (κ1) is 17.3. The molecule has 0 aromatic heterocycles. The van der Waals surface area contributed by atoms with Crippen molar-refractivity contribution in [2.45, 2.75) is 11.4 Å². The number of carboxylic acids is 1. The first-order valence-electron chi connectivity index (χ1n) is 6.47. The minimum absolute atomic E-state index is 0.0295. The van der Waals surface area contributed by atoms with Crippen molar-refractivity contribution in [2.24, 2.45) is 0 Å². The molecule has 2 rings (SSSR count). The molecule has 0 bridgehead atoms. The van der Waals surface area contributed by atoms with Gasteiger partial charge >= 0.3 is 0 Å². The highest BCUT2D eigenvalue weighted by atomic mass is 35.5. The van der Waals surface area contributed by atoms with Crippen molar-refractivity contribution < 1.29 is 23.1 Å². The van der Waals surface area contributed by atoms with Gasteiger partial charge in [-0.05, 0) is 23.8 Å². The molecular weight excluding hydrogens is 342 g/mol. The van der Waals surface area contributed by atoms with E-state index in [1.54, 1.807) is 24.3 Å². The summed E-state index contributed by atoms with van der Waals surface area (Å²) < 4.78 is 32.2. The highest BCUT2D eigenvalue weighted by Gasteiger charge is 2.19. The van der Waals surface area contributed by atoms with E-state index in [1.807, 2.05) is 0 Å². The van der Waals surface area contributed by atoms with Crippen LogP contribution in [0.5, 0.6) is 5.75 Å². The second-order valence-electron chi connectivity index (χ2n) is 4.57. The summed E-state index contributed by atoms with van der Waals surface area (Å²) in [4.78, 5) is 10.5. The van der Waals surface area contributed by atoms with E-state index in [2.05, 4.69) is 4.72 Å². The van der Waals surface area contributed by atoms with Crippen molar-refractivity contribution >= 4 is 27.6 Å². The van der Waals surface area contributed by atoms with Gasteiger partial charge in [0, 0.05) is 12.1 Å². The topological polar surface area (TPSA) is 95.5 Å². The summed E-state index contributed by atoms with van der Waals surface area (Å²) in [6.45, 7) is -0.0295. The Morgan fingerprint density at radius 1 is 1.26 bits per heavy atom. The maximum Gasteiger partial charge on any atom is 0.242 e. The smallest absolute Gasteiger partial charge is 0.242 e. The summed E-state index contributed by atoms with van der Waals surface area (Å²) in [5.41, 5.74) is 0.359. The number of carbonyl (C=O) groups excluding carboxylic acids is 1. The van der Waals surface area contributed by atoms with Gasteiger partial charge < -0.3 is 14.6 Å². The van der Waals surface area contributed by atoms with Gasteiger partial charge in [0.2, 0.25) is 10.0 Å². The van der Waals surface area contributed by atoms with Crippen LogP contribution < -0.4 is 14.6 Å². The van der Waals surface area contributed by atoms with E-state index >= 15 is 0 Å². The molecule has 0 atom stereocenters.